The summed E-state index contributed by atoms with van der Waals surface area (Å²) in [6.07, 6.45) is 5.09. The molecule has 1 aromatic heterocycles. The van der Waals surface area contributed by atoms with E-state index < -0.39 is 0 Å². The van der Waals surface area contributed by atoms with E-state index in [9.17, 15) is 4.79 Å². The van der Waals surface area contributed by atoms with Crippen LogP contribution in [0.3, 0.4) is 0 Å². The maximum absolute atomic E-state index is 12.5. The summed E-state index contributed by atoms with van der Waals surface area (Å²) in [5.74, 6) is 1.23. The lowest BCUT2D eigenvalue weighted by molar-refractivity contribution is -0.0675. The number of nitrogens with zero attached hydrogens (tertiary/aromatic N) is 2. The number of piperidine rings is 1. The van der Waals surface area contributed by atoms with Crippen LogP contribution in [0.2, 0.25) is 0 Å². The Balaban J connectivity index is 1.37. The Kier molecular flexibility index (Phi) is 4.21. The molecule has 0 unspecified atom stereocenters. The molecular weight excluding hydrogens is 318 g/mol. The van der Waals surface area contributed by atoms with E-state index in [1.165, 1.54) is 6.33 Å². The van der Waals surface area contributed by atoms with E-state index in [1.807, 2.05) is 35.2 Å². The first-order valence-corrected chi connectivity index (χ1v) is 8.76. The molecule has 2 aliphatic rings. The Morgan fingerprint density at radius 1 is 1.44 bits per heavy atom. The molecular formula is C19H23N3O3. The predicted octanol–water partition coefficient (Wildman–Crippen LogP) is 2.50. The van der Waals surface area contributed by atoms with E-state index in [-0.39, 0.29) is 17.6 Å². The lowest BCUT2D eigenvalue weighted by Crippen LogP contribution is -2.44. The summed E-state index contributed by atoms with van der Waals surface area (Å²) >= 11 is 0. The fraction of sp³-hybridized carbons (Fsp3) is 0.474. The Morgan fingerprint density at radius 2 is 2.28 bits per heavy atom. The molecule has 0 bridgehead atoms. The van der Waals surface area contributed by atoms with Gasteiger partial charge in [-0.2, -0.15) is 0 Å². The lowest BCUT2D eigenvalue weighted by atomic mass is 9.89. The molecule has 6 heteroatoms. The number of benzene rings is 1. The SMILES string of the molecule is C[C@]1(COc2ccccc2)C[C@@H]2CN(C(=O)c3cnc[nH]3)CC[C@@H]2O1. The molecule has 2 aliphatic heterocycles. The van der Waals surface area contributed by atoms with Gasteiger partial charge in [-0.3, -0.25) is 4.79 Å². The van der Waals surface area contributed by atoms with Crippen LogP contribution in [0.15, 0.2) is 42.9 Å². The predicted molar refractivity (Wildman–Crippen MR) is 92.4 cm³/mol. The van der Waals surface area contributed by atoms with Crippen LogP contribution in [0.4, 0.5) is 0 Å². The fourth-order valence-electron chi connectivity index (χ4n) is 3.90. The Bertz CT molecular complexity index is 719. The molecule has 2 aromatic rings. The highest BCUT2D eigenvalue weighted by atomic mass is 16.6. The minimum absolute atomic E-state index is 0.0186. The first kappa shape index (κ1) is 16.1. The number of hydrogen-bond acceptors (Lipinski definition) is 4. The standard InChI is InChI=1S/C19H23N3O3/c1-19(12-24-15-5-3-2-4-6-15)9-14-11-22(8-7-17(14)25-19)18(23)16-10-20-13-21-16/h2-6,10,13-14,17H,7-9,11-12H2,1H3,(H,20,21)/t14-,17+,19-/m1/s1. The molecule has 25 heavy (non-hydrogen) atoms. The van der Waals surface area contributed by atoms with Crippen LogP contribution < -0.4 is 4.74 Å². The summed E-state index contributed by atoms with van der Waals surface area (Å²) in [6.45, 7) is 4.08. The van der Waals surface area contributed by atoms with Crippen molar-refractivity contribution in [1.82, 2.24) is 14.9 Å². The van der Waals surface area contributed by atoms with Crippen molar-refractivity contribution >= 4 is 5.91 Å². The number of likely N-dealkylation sites (tertiary alicyclic amines) is 1. The summed E-state index contributed by atoms with van der Waals surface area (Å²) in [7, 11) is 0. The van der Waals surface area contributed by atoms with Gasteiger partial charge >= 0.3 is 0 Å². The second kappa shape index (κ2) is 6.52. The number of fused-ring (bicyclic) bond motifs is 1. The van der Waals surface area contributed by atoms with Crippen LogP contribution in [0, 0.1) is 5.92 Å². The third kappa shape index (κ3) is 3.39. The second-order valence-corrected chi connectivity index (χ2v) is 7.18. The first-order chi connectivity index (χ1) is 12.1. The number of ether oxygens (including phenoxy) is 2. The average Bonchev–Trinajstić information content (AvgIpc) is 3.27. The normalized spacial score (nSPS) is 28.6. The van der Waals surface area contributed by atoms with Crippen molar-refractivity contribution < 1.29 is 14.3 Å². The zero-order chi connectivity index (χ0) is 17.3. The minimum Gasteiger partial charge on any atom is -0.491 e. The van der Waals surface area contributed by atoms with Gasteiger partial charge in [0, 0.05) is 19.0 Å². The zero-order valence-corrected chi connectivity index (χ0v) is 14.4. The molecule has 6 nitrogen and oxygen atoms in total. The quantitative estimate of drug-likeness (QED) is 0.928. The fourth-order valence-corrected chi connectivity index (χ4v) is 3.90. The van der Waals surface area contributed by atoms with Crippen molar-refractivity contribution in [2.45, 2.75) is 31.5 Å². The molecule has 1 N–H and O–H groups in total. The first-order valence-electron chi connectivity index (χ1n) is 8.76. The van der Waals surface area contributed by atoms with Gasteiger partial charge < -0.3 is 19.4 Å². The van der Waals surface area contributed by atoms with Crippen LogP contribution in [0.25, 0.3) is 0 Å². The van der Waals surface area contributed by atoms with Crippen molar-refractivity contribution in [3.8, 4) is 5.75 Å². The van der Waals surface area contributed by atoms with E-state index in [1.54, 1.807) is 6.20 Å². The molecule has 3 atom stereocenters. The van der Waals surface area contributed by atoms with Crippen LogP contribution in [-0.4, -0.2) is 52.2 Å². The Labute approximate surface area is 147 Å². The number of para-hydroxylation sites is 1. The van der Waals surface area contributed by atoms with E-state index in [0.29, 0.717) is 24.8 Å². The van der Waals surface area contributed by atoms with E-state index in [4.69, 9.17) is 9.47 Å². The van der Waals surface area contributed by atoms with E-state index in [2.05, 4.69) is 16.9 Å². The number of nitrogens with one attached hydrogen (secondary N) is 1. The topological polar surface area (TPSA) is 67.5 Å². The van der Waals surface area contributed by atoms with Gasteiger partial charge in [-0.25, -0.2) is 4.98 Å². The van der Waals surface area contributed by atoms with Gasteiger partial charge in [0.25, 0.3) is 5.91 Å². The van der Waals surface area contributed by atoms with Gasteiger partial charge in [-0.15, -0.1) is 0 Å². The van der Waals surface area contributed by atoms with Gasteiger partial charge in [0.2, 0.25) is 0 Å². The van der Waals surface area contributed by atoms with Crippen LogP contribution in [-0.2, 0) is 4.74 Å². The van der Waals surface area contributed by atoms with Gasteiger partial charge in [0.05, 0.1) is 18.6 Å². The number of carbonyl (C=O) groups excluding carboxylic acids is 1. The highest BCUT2D eigenvalue weighted by molar-refractivity contribution is 5.92. The molecule has 2 saturated heterocycles. The molecule has 0 saturated carbocycles. The zero-order valence-electron chi connectivity index (χ0n) is 14.4. The van der Waals surface area contributed by atoms with E-state index in [0.717, 1.165) is 25.1 Å². The Hall–Kier alpha value is -2.34. The average molecular weight is 341 g/mol. The van der Waals surface area contributed by atoms with Gasteiger partial charge in [0.15, 0.2) is 0 Å². The third-order valence-electron chi connectivity index (χ3n) is 5.10. The van der Waals surface area contributed by atoms with E-state index >= 15 is 0 Å². The minimum atomic E-state index is -0.307. The number of rotatable bonds is 4. The summed E-state index contributed by atoms with van der Waals surface area (Å²) in [5, 5.41) is 0. The van der Waals surface area contributed by atoms with Crippen molar-refractivity contribution in [3.63, 3.8) is 0 Å². The summed E-state index contributed by atoms with van der Waals surface area (Å²) in [5.41, 5.74) is 0.241. The number of amides is 1. The molecule has 0 radical (unpaired) electrons. The van der Waals surface area contributed by atoms with Crippen LogP contribution >= 0.6 is 0 Å². The molecule has 2 fully saturated rings. The molecule has 132 valence electrons. The van der Waals surface area contributed by atoms with Crippen molar-refractivity contribution in [1.29, 1.82) is 0 Å². The summed E-state index contributed by atoms with van der Waals surface area (Å²) < 4.78 is 12.2. The maximum Gasteiger partial charge on any atom is 0.271 e. The second-order valence-electron chi connectivity index (χ2n) is 7.18. The van der Waals surface area contributed by atoms with Crippen molar-refractivity contribution in [2.75, 3.05) is 19.7 Å². The molecule has 3 heterocycles. The maximum atomic E-state index is 12.5. The molecule has 0 aliphatic carbocycles. The number of carbonyl (C=O) groups is 1. The highest BCUT2D eigenvalue weighted by Crippen LogP contribution is 2.39. The molecule has 4 rings (SSSR count). The van der Waals surface area contributed by atoms with Gasteiger partial charge in [0.1, 0.15) is 23.7 Å². The number of hydrogen-bond donors (Lipinski definition) is 1. The highest BCUT2D eigenvalue weighted by Gasteiger charge is 2.46. The number of aromatic nitrogens is 2. The molecule has 0 spiro atoms. The molecule has 1 aromatic carbocycles. The van der Waals surface area contributed by atoms with Crippen LogP contribution in [0.5, 0.6) is 5.75 Å². The van der Waals surface area contributed by atoms with Crippen molar-refractivity contribution in [2.24, 2.45) is 5.92 Å². The smallest absolute Gasteiger partial charge is 0.271 e. The summed E-state index contributed by atoms with van der Waals surface area (Å²) in [4.78, 5) is 21.2. The van der Waals surface area contributed by atoms with Crippen molar-refractivity contribution in [3.05, 3.63) is 48.5 Å². The third-order valence-corrected chi connectivity index (χ3v) is 5.10. The lowest BCUT2D eigenvalue weighted by Gasteiger charge is -2.33. The molecule has 1 amide bonds. The van der Waals surface area contributed by atoms with Crippen LogP contribution in [0.1, 0.15) is 30.3 Å². The number of H-pyrrole nitrogens is 1. The largest absolute Gasteiger partial charge is 0.491 e. The number of imidazole rings is 1. The van der Waals surface area contributed by atoms with Gasteiger partial charge in [-0.05, 0) is 31.9 Å². The van der Waals surface area contributed by atoms with Gasteiger partial charge in [-0.1, -0.05) is 18.2 Å². The monoisotopic (exact) mass is 341 g/mol. The summed E-state index contributed by atoms with van der Waals surface area (Å²) in [6, 6.07) is 9.81. The Morgan fingerprint density at radius 3 is 3.04 bits per heavy atom. The number of aromatic amines is 1.